The largest absolute Gasteiger partial charge is 0.497 e. The first-order chi connectivity index (χ1) is 18.4. The summed E-state index contributed by atoms with van der Waals surface area (Å²) < 4.78 is 32.5. The molecule has 0 fully saturated rings. The van der Waals surface area contributed by atoms with E-state index in [9.17, 15) is 13.6 Å². The fraction of sp³-hybridized carbons (Fsp3) is 0.156. The number of amides is 1. The molecule has 194 valence electrons. The maximum atomic E-state index is 14.1. The normalized spacial score (nSPS) is 10.6. The average molecular weight is 513 g/mol. The van der Waals surface area contributed by atoms with Gasteiger partial charge in [0.05, 0.1) is 7.11 Å². The number of ether oxygens (including phenoxy) is 1. The van der Waals surface area contributed by atoms with Gasteiger partial charge in [-0.2, -0.15) is 0 Å². The Morgan fingerprint density at radius 2 is 1.50 bits per heavy atom. The first kappa shape index (κ1) is 26.6. The molecule has 0 spiro atoms. The van der Waals surface area contributed by atoms with Crippen LogP contribution < -0.4 is 15.4 Å². The summed E-state index contributed by atoms with van der Waals surface area (Å²) >= 11 is 0. The van der Waals surface area contributed by atoms with Gasteiger partial charge in [-0.3, -0.25) is 4.79 Å². The van der Waals surface area contributed by atoms with Gasteiger partial charge in [0.15, 0.2) is 0 Å². The minimum Gasteiger partial charge on any atom is -0.497 e. The molecule has 0 aromatic heterocycles. The molecule has 4 aromatic rings. The van der Waals surface area contributed by atoms with Crippen molar-refractivity contribution in [3.05, 3.63) is 131 Å². The highest BCUT2D eigenvalue weighted by Gasteiger charge is 2.13. The van der Waals surface area contributed by atoms with E-state index < -0.39 is 11.6 Å². The number of benzene rings is 4. The number of methoxy groups -OCH3 is 1. The van der Waals surface area contributed by atoms with E-state index in [2.05, 4.69) is 17.2 Å². The van der Waals surface area contributed by atoms with Gasteiger partial charge in [0.1, 0.15) is 17.4 Å². The summed E-state index contributed by atoms with van der Waals surface area (Å²) in [5.41, 5.74) is 5.76. The van der Waals surface area contributed by atoms with E-state index >= 15 is 0 Å². The molecule has 38 heavy (non-hydrogen) atoms. The quantitative estimate of drug-likeness (QED) is 0.237. The highest BCUT2D eigenvalue weighted by molar-refractivity contribution is 5.82. The molecule has 0 aliphatic heterocycles. The summed E-state index contributed by atoms with van der Waals surface area (Å²) in [7, 11) is 1.63. The van der Waals surface area contributed by atoms with Gasteiger partial charge < -0.3 is 15.4 Å². The van der Waals surface area contributed by atoms with Gasteiger partial charge in [-0.25, -0.2) is 8.78 Å². The van der Waals surface area contributed by atoms with Gasteiger partial charge in [-0.05, 0) is 46.9 Å². The van der Waals surface area contributed by atoms with Crippen molar-refractivity contribution in [3.63, 3.8) is 0 Å². The predicted molar refractivity (Wildman–Crippen MR) is 147 cm³/mol. The Morgan fingerprint density at radius 1 is 0.816 bits per heavy atom. The molecular weight excluding hydrogens is 482 g/mol. The van der Waals surface area contributed by atoms with Crippen LogP contribution in [0.4, 0.5) is 8.78 Å². The summed E-state index contributed by atoms with van der Waals surface area (Å²) in [4.78, 5) is 12.6. The van der Waals surface area contributed by atoms with Crippen molar-refractivity contribution in [3.8, 4) is 16.9 Å². The Kier molecular flexibility index (Phi) is 8.88. The number of hydrogen-bond donors (Lipinski definition) is 2. The van der Waals surface area contributed by atoms with Crippen LogP contribution in [-0.4, -0.2) is 13.0 Å². The van der Waals surface area contributed by atoms with Crippen LogP contribution >= 0.6 is 0 Å². The summed E-state index contributed by atoms with van der Waals surface area (Å²) in [5, 5.41) is 6.19. The second kappa shape index (κ2) is 12.7. The highest BCUT2D eigenvalue weighted by Crippen LogP contribution is 2.30. The lowest BCUT2D eigenvalue weighted by Crippen LogP contribution is -2.23. The van der Waals surface area contributed by atoms with E-state index in [1.165, 1.54) is 12.1 Å². The smallest absolute Gasteiger partial charge is 0.220 e. The molecule has 0 atom stereocenters. The number of aryl methyl sites for hydroxylation is 1. The zero-order valence-electron chi connectivity index (χ0n) is 21.3. The lowest BCUT2D eigenvalue weighted by atomic mass is 9.94. The summed E-state index contributed by atoms with van der Waals surface area (Å²) in [5.74, 6) is -0.460. The Bertz CT molecular complexity index is 1420. The molecular formula is C32H30F2N2O2. The van der Waals surface area contributed by atoms with Gasteiger partial charge in [0.25, 0.3) is 0 Å². The van der Waals surface area contributed by atoms with Crippen LogP contribution in [0.25, 0.3) is 16.8 Å². The topological polar surface area (TPSA) is 50.4 Å². The van der Waals surface area contributed by atoms with Crippen molar-refractivity contribution >= 4 is 11.6 Å². The Labute approximate surface area is 222 Å². The monoisotopic (exact) mass is 512 g/mol. The maximum absolute atomic E-state index is 14.1. The zero-order chi connectivity index (χ0) is 26.9. The molecule has 4 nitrogen and oxygen atoms in total. The molecule has 6 heteroatoms. The molecule has 0 bridgehead atoms. The van der Waals surface area contributed by atoms with Crippen LogP contribution in [0.15, 0.2) is 97.6 Å². The van der Waals surface area contributed by atoms with Crippen molar-refractivity contribution in [1.82, 2.24) is 10.6 Å². The number of halogens is 2. The highest BCUT2D eigenvalue weighted by atomic mass is 19.1. The van der Waals surface area contributed by atoms with Crippen LogP contribution in [-0.2, 0) is 24.3 Å². The second-order valence-electron chi connectivity index (χ2n) is 8.90. The minimum absolute atomic E-state index is 0.0312. The first-order valence-electron chi connectivity index (χ1n) is 12.4. The van der Waals surface area contributed by atoms with Crippen molar-refractivity contribution in [1.29, 1.82) is 0 Å². The van der Waals surface area contributed by atoms with Crippen molar-refractivity contribution in [2.75, 3.05) is 7.11 Å². The zero-order valence-corrected chi connectivity index (χ0v) is 21.3. The molecule has 0 saturated heterocycles. The fourth-order valence-corrected chi connectivity index (χ4v) is 4.21. The molecule has 0 saturated carbocycles. The Morgan fingerprint density at radius 3 is 2.24 bits per heavy atom. The van der Waals surface area contributed by atoms with Crippen LogP contribution in [0.3, 0.4) is 0 Å². The van der Waals surface area contributed by atoms with E-state index in [4.69, 9.17) is 4.74 Å². The number of nitrogens with one attached hydrogen (secondary N) is 2. The lowest BCUT2D eigenvalue weighted by molar-refractivity contribution is -0.121. The number of carbonyl (C=O) groups is 1. The average Bonchev–Trinajstić information content (AvgIpc) is 2.94. The van der Waals surface area contributed by atoms with Crippen LogP contribution in [0.1, 0.15) is 28.7 Å². The number of carbonyl (C=O) groups excluding carboxylic acids is 1. The summed E-state index contributed by atoms with van der Waals surface area (Å²) in [6, 6.07) is 26.9. The molecule has 0 radical (unpaired) electrons. The summed E-state index contributed by atoms with van der Waals surface area (Å²) in [6.07, 6.45) is 1.02. The standard InChI is InChI=1S/C32H30F2N2O2/c1-22(35-21-25-14-15-26(33)19-31(25)34)28-8-5-6-10-30(28)29-9-4-3-7-24(29)20-36-32(37)18-13-23-11-16-27(38-2)17-12-23/h3-12,14-17,19,35H,1,13,18,20-21H2,2H3,(H,36,37). The molecule has 4 aromatic carbocycles. The third-order valence-electron chi connectivity index (χ3n) is 6.34. The maximum Gasteiger partial charge on any atom is 0.220 e. The van der Waals surface area contributed by atoms with Gasteiger partial charge >= 0.3 is 0 Å². The van der Waals surface area contributed by atoms with Crippen molar-refractivity contribution in [2.45, 2.75) is 25.9 Å². The van der Waals surface area contributed by atoms with Crippen LogP contribution in [0.5, 0.6) is 5.75 Å². The third kappa shape index (κ3) is 6.85. The Hall–Kier alpha value is -4.45. The minimum atomic E-state index is -0.611. The molecule has 0 heterocycles. The number of hydrogen-bond acceptors (Lipinski definition) is 3. The fourth-order valence-electron chi connectivity index (χ4n) is 4.21. The SMILES string of the molecule is C=C(NCc1ccc(F)cc1F)c1ccccc1-c1ccccc1CNC(=O)CCc1ccc(OC)cc1. The molecule has 0 unspecified atom stereocenters. The third-order valence-corrected chi connectivity index (χ3v) is 6.34. The molecule has 1 amide bonds. The van der Waals surface area contributed by atoms with E-state index in [0.29, 0.717) is 30.6 Å². The van der Waals surface area contributed by atoms with Gasteiger partial charge in [0.2, 0.25) is 5.91 Å². The number of rotatable bonds is 11. The molecule has 0 aliphatic rings. The van der Waals surface area contributed by atoms with Crippen LogP contribution in [0, 0.1) is 11.6 Å². The Balaban J connectivity index is 1.42. The van der Waals surface area contributed by atoms with E-state index in [-0.39, 0.29) is 12.5 Å². The van der Waals surface area contributed by atoms with Crippen LogP contribution in [0.2, 0.25) is 0 Å². The molecule has 2 N–H and O–H groups in total. The molecule has 0 aliphatic carbocycles. The van der Waals surface area contributed by atoms with Gasteiger partial charge in [0, 0.05) is 42.4 Å². The summed E-state index contributed by atoms with van der Waals surface area (Å²) in [6.45, 7) is 4.71. The van der Waals surface area contributed by atoms with Gasteiger partial charge in [-0.1, -0.05) is 73.3 Å². The first-order valence-corrected chi connectivity index (χ1v) is 12.4. The lowest BCUT2D eigenvalue weighted by Gasteiger charge is -2.17. The molecule has 4 rings (SSSR count). The van der Waals surface area contributed by atoms with E-state index in [0.717, 1.165) is 39.6 Å². The van der Waals surface area contributed by atoms with E-state index in [1.54, 1.807) is 7.11 Å². The van der Waals surface area contributed by atoms with Gasteiger partial charge in [-0.15, -0.1) is 0 Å². The van der Waals surface area contributed by atoms with E-state index in [1.807, 2.05) is 72.8 Å². The van der Waals surface area contributed by atoms with Crippen molar-refractivity contribution < 1.29 is 18.3 Å². The van der Waals surface area contributed by atoms with Crippen molar-refractivity contribution in [2.24, 2.45) is 0 Å². The predicted octanol–water partition coefficient (Wildman–Crippen LogP) is 6.65. The second-order valence-corrected chi connectivity index (χ2v) is 8.90.